The van der Waals surface area contributed by atoms with E-state index in [1.807, 2.05) is 39.0 Å². The van der Waals surface area contributed by atoms with Crippen LogP contribution in [0.15, 0.2) is 18.2 Å². The van der Waals surface area contributed by atoms with Gasteiger partial charge in [0, 0.05) is 6.54 Å². The van der Waals surface area contributed by atoms with Crippen molar-refractivity contribution in [3.8, 4) is 5.75 Å². The van der Waals surface area contributed by atoms with Crippen LogP contribution < -0.4 is 15.8 Å². The summed E-state index contributed by atoms with van der Waals surface area (Å²) in [5, 5.41) is 13.1. The lowest BCUT2D eigenvalue weighted by molar-refractivity contribution is 0.0697. The Balaban J connectivity index is 2.78. The van der Waals surface area contributed by atoms with E-state index in [0.29, 0.717) is 24.4 Å². The number of anilines is 2. The maximum absolute atomic E-state index is 9.96. The van der Waals surface area contributed by atoms with Gasteiger partial charge in [-0.05, 0) is 39.3 Å². The second kappa shape index (κ2) is 5.96. The fraction of sp³-hybridized carbons (Fsp3) is 0.571. The average Bonchev–Trinajstić information content (AvgIpc) is 2.30. The molecular formula is C14H24N2O2. The van der Waals surface area contributed by atoms with Crippen molar-refractivity contribution < 1.29 is 9.84 Å². The van der Waals surface area contributed by atoms with Crippen LogP contribution in [0.3, 0.4) is 0 Å². The maximum atomic E-state index is 9.96. The summed E-state index contributed by atoms with van der Waals surface area (Å²) >= 11 is 0. The number of hydrogen-bond acceptors (Lipinski definition) is 4. The number of nitrogen functional groups attached to an aromatic ring is 1. The molecule has 1 unspecified atom stereocenters. The molecule has 0 amide bonds. The SMILES string of the molecule is CCC(C)(O)CNc1cccc(OC(C)C)c1N. The van der Waals surface area contributed by atoms with Crippen molar-refractivity contribution in [3.63, 3.8) is 0 Å². The second-order valence-electron chi connectivity index (χ2n) is 5.09. The van der Waals surface area contributed by atoms with E-state index in [0.717, 1.165) is 5.69 Å². The number of nitrogens with two attached hydrogens (primary N) is 1. The molecule has 1 atom stereocenters. The first kappa shape index (κ1) is 14.6. The standard InChI is InChI=1S/C14H24N2O2/c1-5-14(4,17)9-16-11-7-6-8-12(13(11)15)18-10(2)3/h6-8,10,16-17H,5,9,15H2,1-4H3. The largest absolute Gasteiger partial charge is 0.489 e. The van der Waals surface area contributed by atoms with Crippen molar-refractivity contribution >= 4 is 11.4 Å². The number of ether oxygens (including phenoxy) is 1. The van der Waals surface area contributed by atoms with Gasteiger partial charge < -0.3 is 20.9 Å². The molecule has 1 aromatic carbocycles. The lowest BCUT2D eigenvalue weighted by Gasteiger charge is -2.23. The Kier molecular flexibility index (Phi) is 4.84. The molecule has 4 nitrogen and oxygen atoms in total. The van der Waals surface area contributed by atoms with Gasteiger partial charge in [0.15, 0.2) is 0 Å². The summed E-state index contributed by atoms with van der Waals surface area (Å²) in [6.45, 7) is 8.12. The zero-order valence-electron chi connectivity index (χ0n) is 11.7. The van der Waals surface area contributed by atoms with Crippen LogP contribution in [0.2, 0.25) is 0 Å². The zero-order valence-corrected chi connectivity index (χ0v) is 11.7. The Morgan fingerprint density at radius 2 is 2.11 bits per heavy atom. The molecule has 0 fully saturated rings. The summed E-state index contributed by atoms with van der Waals surface area (Å²) in [4.78, 5) is 0. The Morgan fingerprint density at radius 3 is 2.67 bits per heavy atom. The minimum absolute atomic E-state index is 0.0845. The van der Waals surface area contributed by atoms with Crippen LogP contribution >= 0.6 is 0 Å². The Morgan fingerprint density at radius 1 is 1.44 bits per heavy atom. The van der Waals surface area contributed by atoms with Gasteiger partial charge in [-0.15, -0.1) is 0 Å². The molecule has 102 valence electrons. The molecule has 0 bridgehead atoms. The zero-order chi connectivity index (χ0) is 13.8. The van der Waals surface area contributed by atoms with Crippen molar-refractivity contribution in [2.75, 3.05) is 17.6 Å². The third-order valence-corrected chi connectivity index (χ3v) is 2.85. The molecule has 0 saturated carbocycles. The van der Waals surface area contributed by atoms with E-state index in [2.05, 4.69) is 5.32 Å². The van der Waals surface area contributed by atoms with Gasteiger partial charge in [-0.25, -0.2) is 0 Å². The number of benzene rings is 1. The van der Waals surface area contributed by atoms with Crippen LogP contribution in [0.5, 0.6) is 5.75 Å². The van der Waals surface area contributed by atoms with Gasteiger partial charge in [0.2, 0.25) is 0 Å². The molecule has 0 saturated heterocycles. The van der Waals surface area contributed by atoms with E-state index < -0.39 is 5.60 Å². The topological polar surface area (TPSA) is 67.5 Å². The number of rotatable bonds is 6. The summed E-state index contributed by atoms with van der Waals surface area (Å²) in [5.74, 6) is 0.672. The average molecular weight is 252 g/mol. The Bertz CT molecular complexity index is 389. The molecule has 18 heavy (non-hydrogen) atoms. The molecule has 4 heteroatoms. The summed E-state index contributed by atoms with van der Waals surface area (Å²) in [7, 11) is 0. The van der Waals surface area contributed by atoms with E-state index in [4.69, 9.17) is 10.5 Å². The van der Waals surface area contributed by atoms with Crippen molar-refractivity contribution in [2.24, 2.45) is 0 Å². The van der Waals surface area contributed by atoms with E-state index in [1.54, 1.807) is 6.92 Å². The molecule has 0 radical (unpaired) electrons. The van der Waals surface area contributed by atoms with Crippen LogP contribution in [-0.2, 0) is 0 Å². The van der Waals surface area contributed by atoms with Crippen molar-refractivity contribution in [1.82, 2.24) is 0 Å². The lowest BCUT2D eigenvalue weighted by Crippen LogP contribution is -2.32. The normalized spacial score (nSPS) is 14.3. The number of aliphatic hydroxyl groups is 1. The van der Waals surface area contributed by atoms with Crippen molar-refractivity contribution in [2.45, 2.75) is 45.8 Å². The predicted octanol–water partition coefficient (Wildman–Crippen LogP) is 2.63. The van der Waals surface area contributed by atoms with Gasteiger partial charge in [-0.3, -0.25) is 0 Å². The van der Waals surface area contributed by atoms with Crippen LogP contribution in [0, 0.1) is 0 Å². The maximum Gasteiger partial charge on any atom is 0.144 e. The number of para-hydroxylation sites is 1. The molecule has 0 heterocycles. The second-order valence-corrected chi connectivity index (χ2v) is 5.09. The first-order chi connectivity index (χ1) is 8.35. The molecule has 0 aliphatic rings. The highest BCUT2D eigenvalue weighted by molar-refractivity contribution is 5.73. The fourth-order valence-corrected chi connectivity index (χ4v) is 1.47. The Hall–Kier alpha value is -1.42. The molecule has 1 rings (SSSR count). The lowest BCUT2D eigenvalue weighted by atomic mass is 10.0. The third kappa shape index (κ3) is 4.11. The van der Waals surface area contributed by atoms with E-state index in [9.17, 15) is 5.11 Å². The van der Waals surface area contributed by atoms with Crippen molar-refractivity contribution in [1.29, 1.82) is 0 Å². The van der Waals surface area contributed by atoms with Gasteiger partial charge >= 0.3 is 0 Å². The van der Waals surface area contributed by atoms with E-state index in [-0.39, 0.29) is 6.10 Å². The summed E-state index contributed by atoms with van der Waals surface area (Å²) < 4.78 is 5.62. The van der Waals surface area contributed by atoms with Crippen LogP contribution in [-0.4, -0.2) is 23.4 Å². The minimum atomic E-state index is -0.735. The number of nitrogens with one attached hydrogen (secondary N) is 1. The van der Waals surface area contributed by atoms with Gasteiger partial charge in [-0.2, -0.15) is 0 Å². The van der Waals surface area contributed by atoms with Crippen LogP contribution in [0.1, 0.15) is 34.1 Å². The first-order valence-electron chi connectivity index (χ1n) is 6.37. The summed E-state index contributed by atoms with van der Waals surface area (Å²) in [6.07, 6.45) is 0.767. The van der Waals surface area contributed by atoms with Gasteiger partial charge in [0.1, 0.15) is 5.75 Å². The predicted molar refractivity (Wildman–Crippen MR) is 76.0 cm³/mol. The summed E-state index contributed by atoms with van der Waals surface area (Å²) in [5.41, 5.74) is 6.67. The smallest absolute Gasteiger partial charge is 0.144 e. The van der Waals surface area contributed by atoms with Crippen molar-refractivity contribution in [3.05, 3.63) is 18.2 Å². The van der Waals surface area contributed by atoms with Crippen LogP contribution in [0.4, 0.5) is 11.4 Å². The first-order valence-corrected chi connectivity index (χ1v) is 6.37. The molecular weight excluding hydrogens is 228 g/mol. The number of hydrogen-bond donors (Lipinski definition) is 3. The fourth-order valence-electron chi connectivity index (χ4n) is 1.47. The van der Waals surface area contributed by atoms with E-state index in [1.165, 1.54) is 0 Å². The third-order valence-electron chi connectivity index (χ3n) is 2.85. The minimum Gasteiger partial charge on any atom is -0.489 e. The van der Waals surface area contributed by atoms with Crippen LogP contribution in [0.25, 0.3) is 0 Å². The molecule has 1 aromatic rings. The molecule has 0 aliphatic heterocycles. The van der Waals surface area contributed by atoms with Gasteiger partial charge in [-0.1, -0.05) is 13.0 Å². The monoisotopic (exact) mass is 252 g/mol. The quantitative estimate of drug-likeness (QED) is 0.681. The van der Waals surface area contributed by atoms with E-state index >= 15 is 0 Å². The molecule has 4 N–H and O–H groups in total. The highest BCUT2D eigenvalue weighted by atomic mass is 16.5. The highest BCUT2D eigenvalue weighted by Crippen LogP contribution is 2.30. The van der Waals surface area contributed by atoms with Gasteiger partial charge in [0.25, 0.3) is 0 Å². The molecule has 0 spiro atoms. The molecule has 0 aromatic heterocycles. The summed E-state index contributed by atoms with van der Waals surface area (Å²) in [6, 6.07) is 5.61. The molecule has 0 aliphatic carbocycles. The van der Waals surface area contributed by atoms with Gasteiger partial charge in [0.05, 0.1) is 23.1 Å². The Labute approximate surface area is 109 Å². The highest BCUT2D eigenvalue weighted by Gasteiger charge is 2.17.